The zero-order chi connectivity index (χ0) is 103. The summed E-state index contributed by atoms with van der Waals surface area (Å²) >= 11 is 0. The van der Waals surface area contributed by atoms with E-state index in [9.17, 15) is 23.9 Å². The molecule has 0 amide bonds. The Hall–Kier alpha value is -9.92. The summed E-state index contributed by atoms with van der Waals surface area (Å²) in [7, 11) is 3.83. The van der Waals surface area contributed by atoms with E-state index in [1.807, 2.05) is 74.9 Å². The molecular weight excluding hydrogens is 1840 g/mol. The number of carbonyl (C=O) groups excluding carboxylic acids is 2. The molecule has 0 spiro atoms. The topological polar surface area (TPSA) is 317 Å². The highest BCUT2D eigenvalue weighted by molar-refractivity contribution is 5.85. The number of benzene rings is 2. The Morgan fingerprint density at radius 3 is 0.959 bits per heavy atom. The Bertz CT molecular complexity index is 6520. The molecular formula is C127H179FN14O6. The molecule has 12 N–H and O–H groups in total. The van der Waals surface area contributed by atoms with Gasteiger partial charge in [-0.3, -0.25) is 29.7 Å². The number of halogens is 1. The molecule has 0 aliphatic heterocycles. The second-order valence-corrected chi connectivity index (χ2v) is 55.5. The molecule has 9 fully saturated rings. The van der Waals surface area contributed by atoms with Gasteiger partial charge in [0.1, 0.15) is 42.3 Å². The molecule has 8 aromatic rings. The number of pyridine rings is 3. The summed E-state index contributed by atoms with van der Waals surface area (Å²) in [6, 6.07) is 32.4. The van der Waals surface area contributed by atoms with Crippen LogP contribution in [0.1, 0.15) is 383 Å². The van der Waals surface area contributed by atoms with Gasteiger partial charge < -0.3 is 42.4 Å². The van der Waals surface area contributed by atoms with Crippen molar-refractivity contribution < 1.29 is 33.4 Å². The average molecular weight is 2020 g/mol. The smallest absolute Gasteiger partial charge is 0.313 e. The van der Waals surface area contributed by atoms with E-state index >= 15 is 0 Å². The normalized spacial score (nSPS) is 36.8. The second-order valence-electron chi connectivity index (χ2n) is 55.5. The average Bonchev–Trinajstić information content (AvgIpc) is 0.757. The first kappa shape index (κ1) is 108. The van der Waals surface area contributed by atoms with Crippen LogP contribution in [0.5, 0.6) is 0 Å². The molecule has 15 aliphatic carbocycles. The molecule has 21 heteroatoms. The summed E-state index contributed by atoms with van der Waals surface area (Å²) in [4.78, 5) is 56.7. The predicted octanol–water partition coefficient (Wildman–Crippen LogP) is 28.9. The van der Waals surface area contributed by atoms with Crippen molar-refractivity contribution in [2.24, 2.45) is 134 Å². The standard InChI is InChI=1S/C44H59N5O2.C43H55FN4O2.C37H53N5O2.3CH4/c1-39(2)18-20-44(38(50)51-26-27-12-10-9-11-13-27)21-19-43(7)35(31(44)24-39)29(28-14-15-34(46-8)47-25-28)22-33-41(5)23-30-36(48-49-37(30)45)40(3,4)32(41)16-17-42(33,43)6;1-38(2)17-19-43(37(49)50-25-26-11-9-8-10-12-26)20-18-42(7)34(30(43)23-38)28(27-13-14-33(44)46-24-27)21-32-40(5)22-29-35(47-48-36(29)45)39(3,4)31(40)15-16-41(32,42)6;1-32(2)13-15-37(31(43)44)16-14-36(7)28(24(37)19-32)22(21-9-10-27(39-8)40-20-21)17-26-34(5)18-23-29(41-42-30(23)38)33(3,4)25(34)11-12-35(26,36)6;;;/h9-15,25,31-33H,16-24,26H2,1-8H3,(H,46,47)(H3,45,48,49);8-14,24,30-32H,15-23,25H2,1-7H3,(H3,45,47,48);9-10,20,24-26H,11-19H2,1-8H3,(H,39,40)(H,43,44)(H3,38,41,42);3*1H4/t31-,32-,33?,41-,42+,43+,44-;30-,31-,32?,40-,41+,42+,43-;24-,25-,26?,34-,35+,36+,37-;;;/m000.../s1. The van der Waals surface area contributed by atoms with Crippen LogP contribution < -0.4 is 27.8 Å². The van der Waals surface area contributed by atoms with Gasteiger partial charge in [0.2, 0.25) is 5.95 Å². The lowest BCUT2D eigenvalue weighted by molar-refractivity contribution is -0.181. The van der Waals surface area contributed by atoms with Gasteiger partial charge in [-0.2, -0.15) is 19.7 Å². The van der Waals surface area contributed by atoms with E-state index in [2.05, 4.69) is 234 Å². The van der Waals surface area contributed by atoms with Crippen LogP contribution >= 0.6 is 0 Å². The maximum absolute atomic E-state index is 14.8. The molecule has 2 aromatic carbocycles. The minimum atomic E-state index is -0.689. The fourth-order valence-electron chi connectivity index (χ4n) is 38.1. The van der Waals surface area contributed by atoms with Crippen LogP contribution in [0.4, 0.5) is 33.5 Å². The molecule has 3 unspecified atom stereocenters. The number of hydrogen-bond acceptors (Lipinski definition) is 16. The van der Waals surface area contributed by atoms with Crippen LogP contribution in [0.3, 0.4) is 0 Å². The number of aliphatic carboxylic acids is 1. The molecule has 23 rings (SSSR count). The highest BCUT2D eigenvalue weighted by atomic mass is 19.1. The van der Waals surface area contributed by atoms with E-state index in [0.29, 0.717) is 59.6 Å². The van der Waals surface area contributed by atoms with Crippen molar-refractivity contribution in [2.75, 3.05) is 41.9 Å². The minimum Gasteiger partial charge on any atom is -0.481 e. The van der Waals surface area contributed by atoms with Gasteiger partial charge in [0.25, 0.3) is 0 Å². The van der Waals surface area contributed by atoms with Crippen LogP contribution in [0.25, 0.3) is 16.7 Å². The van der Waals surface area contributed by atoms with E-state index in [4.69, 9.17) is 36.6 Å². The molecule has 0 radical (unpaired) electrons. The number of allylic oxidation sites excluding steroid dienone is 6. The van der Waals surface area contributed by atoms with Crippen molar-refractivity contribution in [3.63, 3.8) is 0 Å². The molecule has 9 saturated carbocycles. The number of carbonyl (C=O) groups is 3. The van der Waals surface area contributed by atoms with Gasteiger partial charge >= 0.3 is 17.9 Å². The van der Waals surface area contributed by atoms with E-state index in [1.165, 1.54) is 97.2 Å². The number of rotatable bonds is 12. The number of carboxylic acid groups (broad SMARTS) is 1. The molecule has 0 bridgehead atoms. The number of carboxylic acids is 1. The first-order valence-electron chi connectivity index (χ1n) is 55.5. The Kier molecular flexibility index (Phi) is 26.5. The number of H-pyrrole nitrogens is 3. The number of nitrogens with one attached hydrogen (secondary N) is 5. The van der Waals surface area contributed by atoms with Crippen LogP contribution in [0.2, 0.25) is 0 Å². The van der Waals surface area contributed by atoms with Crippen LogP contribution in [0, 0.1) is 140 Å². The van der Waals surface area contributed by atoms with Crippen molar-refractivity contribution in [3.05, 3.63) is 200 Å². The SMILES string of the molecule is C.C.C.CC1(C)CC[C@]2(C(=O)OCc3ccccc3)CC[C@]3(C)C(=C(c4ccc(F)nc4)CC4[C@@]5(C)Cc6c(N)n[nH]c6C(C)(C)[C@@H]5CC[C@]43C)[C@@H]2C1.CNc1ccc(C2=C3[C@@H]4CC(C)(C)CC[C@]4(C(=O)O)CC[C@@]3(C)[C@]3(C)CC[C@H]4C(C)(C)c5[nH]nc(N)c5C[C@]4(C)C3C2)cn1.CNc1ccc(C2=C3[C@@H]4CC(C)(C)CC[C@]4(C(=O)OCc4ccccc4)CC[C@@]3(C)[C@]3(C)CC[C@H]4C(C)(C)c5[nH]nc(N)c5C[C@]4(C)C3C2)cn1. The van der Waals surface area contributed by atoms with E-state index in [1.54, 1.807) is 6.20 Å². The number of nitrogen functional groups attached to an aromatic ring is 3. The Balaban J connectivity index is 0.000000144. The van der Waals surface area contributed by atoms with Gasteiger partial charge in [-0.25, -0.2) is 15.0 Å². The summed E-state index contributed by atoms with van der Waals surface area (Å²) < 4.78 is 27.1. The molecule has 6 heterocycles. The van der Waals surface area contributed by atoms with Crippen molar-refractivity contribution in [3.8, 4) is 0 Å². The summed E-state index contributed by atoms with van der Waals surface area (Å²) in [6.07, 6.45) is 32.0. The van der Waals surface area contributed by atoms with Crippen molar-refractivity contribution in [1.82, 2.24) is 45.5 Å². The summed E-state index contributed by atoms with van der Waals surface area (Å²) in [5, 5.41) is 41.1. The molecule has 21 atom stereocenters. The van der Waals surface area contributed by atoms with E-state index in [0.717, 1.165) is 189 Å². The monoisotopic (exact) mass is 2020 g/mol. The summed E-state index contributed by atoms with van der Waals surface area (Å²) in [6.45, 7) is 52.4. The summed E-state index contributed by atoms with van der Waals surface area (Å²) in [5.41, 5.74) is 39.0. The van der Waals surface area contributed by atoms with Gasteiger partial charge in [-0.05, 0) is 373 Å². The lowest BCUT2D eigenvalue weighted by atomic mass is 9.33. The zero-order valence-corrected chi connectivity index (χ0v) is 91.5. The molecule has 148 heavy (non-hydrogen) atoms. The third-order valence-electron chi connectivity index (χ3n) is 46.4. The predicted molar refractivity (Wildman–Crippen MR) is 596 cm³/mol. The second kappa shape index (κ2) is 36.4. The lowest BCUT2D eigenvalue weighted by Gasteiger charge is -2.71. The van der Waals surface area contributed by atoms with Crippen molar-refractivity contribution >= 4 is 63.7 Å². The fourth-order valence-corrected chi connectivity index (χ4v) is 38.1. The zero-order valence-electron chi connectivity index (χ0n) is 91.5. The quantitative estimate of drug-likeness (QED) is 0.0405. The maximum atomic E-state index is 14.8. The Morgan fingerprint density at radius 1 is 0.378 bits per heavy atom. The van der Waals surface area contributed by atoms with Gasteiger partial charge in [0.05, 0.1) is 16.2 Å². The number of nitrogens with two attached hydrogens (primary N) is 3. The summed E-state index contributed by atoms with van der Waals surface area (Å²) in [5.74, 6) is 5.37. The third-order valence-corrected chi connectivity index (χ3v) is 46.4. The Morgan fingerprint density at radius 2 is 0.669 bits per heavy atom. The molecule has 20 nitrogen and oxygen atoms in total. The minimum absolute atomic E-state index is 0. The first-order chi connectivity index (χ1) is 68.2. The highest BCUT2D eigenvalue weighted by Gasteiger charge is 2.76. The van der Waals surface area contributed by atoms with Gasteiger partial charge in [0.15, 0.2) is 0 Å². The molecule has 0 saturated heterocycles. The number of ether oxygens (including phenoxy) is 2. The lowest BCUT2D eigenvalue weighted by Crippen LogP contribution is -2.65. The van der Waals surface area contributed by atoms with Crippen LogP contribution in [0.15, 0.2) is 132 Å². The number of anilines is 5. The molecule has 800 valence electrons. The number of aromatic amines is 3. The third kappa shape index (κ3) is 15.7. The number of aromatic nitrogens is 9. The first-order valence-corrected chi connectivity index (χ1v) is 55.5. The van der Waals surface area contributed by atoms with E-state index < -0.39 is 28.2 Å². The Labute approximate surface area is 884 Å². The highest BCUT2D eigenvalue weighted by Crippen LogP contribution is 2.83. The molecule has 6 aromatic heterocycles. The fraction of sp³-hybridized carbons (Fsp3) is 0.646. The van der Waals surface area contributed by atoms with Crippen LogP contribution in [-0.2, 0) is 72.6 Å². The van der Waals surface area contributed by atoms with Crippen LogP contribution in [-0.4, -0.2) is 82.7 Å². The largest absolute Gasteiger partial charge is 0.481 e. The van der Waals surface area contributed by atoms with E-state index in [-0.39, 0.29) is 140 Å². The molecule has 15 aliphatic rings. The number of fused-ring (bicyclic) bond motifs is 24. The van der Waals surface area contributed by atoms with Gasteiger partial charge in [0, 0.05) is 82.7 Å². The van der Waals surface area contributed by atoms with Crippen molar-refractivity contribution in [1.29, 1.82) is 0 Å². The number of hydrogen-bond donors (Lipinski definition) is 9. The van der Waals surface area contributed by atoms with Crippen molar-refractivity contribution in [2.45, 2.75) is 370 Å². The maximum Gasteiger partial charge on any atom is 0.313 e. The van der Waals surface area contributed by atoms with Gasteiger partial charge in [-0.15, -0.1) is 0 Å². The number of esters is 2. The number of nitrogens with zero attached hydrogens (tertiary/aromatic N) is 6. The van der Waals surface area contributed by atoms with Gasteiger partial charge in [-0.1, -0.05) is 245 Å².